The number of ether oxygens (including phenoxy) is 1. The topological polar surface area (TPSA) is 35.2 Å². The minimum absolute atomic E-state index is 0.168. The zero-order valence-corrected chi connectivity index (χ0v) is 9.35. The van der Waals surface area contributed by atoms with Gasteiger partial charge in [0.25, 0.3) is 0 Å². The molecule has 15 heavy (non-hydrogen) atoms. The number of benzene rings is 1. The summed E-state index contributed by atoms with van der Waals surface area (Å²) in [5.74, 6) is 0.601. The van der Waals surface area contributed by atoms with Gasteiger partial charge in [0.1, 0.15) is 11.6 Å². The van der Waals surface area contributed by atoms with E-state index in [-0.39, 0.29) is 5.82 Å². The van der Waals surface area contributed by atoms with Crippen LogP contribution in [0.3, 0.4) is 0 Å². The summed E-state index contributed by atoms with van der Waals surface area (Å²) in [6.45, 7) is 2.46. The molecule has 1 aromatic rings. The number of rotatable bonds is 5. The van der Waals surface area contributed by atoms with Crippen LogP contribution in [0.4, 0.5) is 4.39 Å². The van der Waals surface area contributed by atoms with Crippen LogP contribution in [-0.2, 0) is 6.42 Å². The first-order valence-electron chi connectivity index (χ1n) is 5.22. The first-order chi connectivity index (χ1) is 7.20. The molecule has 0 heterocycles. The summed E-state index contributed by atoms with van der Waals surface area (Å²) in [5.41, 5.74) is 7.08. The highest BCUT2D eigenvalue weighted by Gasteiger charge is 2.09. The largest absolute Gasteiger partial charge is 0.496 e. The second kappa shape index (κ2) is 5.71. The molecule has 0 unspecified atom stereocenters. The minimum atomic E-state index is -0.168. The Morgan fingerprint density at radius 3 is 2.67 bits per heavy atom. The molecule has 1 aromatic carbocycles. The molecule has 0 amide bonds. The summed E-state index contributed by atoms with van der Waals surface area (Å²) in [5, 5.41) is 0. The van der Waals surface area contributed by atoms with Gasteiger partial charge in [0, 0.05) is 0 Å². The van der Waals surface area contributed by atoms with Gasteiger partial charge in [-0.1, -0.05) is 0 Å². The maximum atomic E-state index is 13.3. The predicted octanol–water partition coefficient (Wildman–Crippen LogP) is 2.42. The quantitative estimate of drug-likeness (QED) is 0.759. The Morgan fingerprint density at radius 1 is 1.33 bits per heavy atom. The molecular weight excluding hydrogens is 193 g/mol. The van der Waals surface area contributed by atoms with Crippen LogP contribution in [0.1, 0.15) is 24.0 Å². The van der Waals surface area contributed by atoms with Gasteiger partial charge in [-0.3, -0.25) is 0 Å². The summed E-state index contributed by atoms with van der Waals surface area (Å²) in [7, 11) is 1.61. The SMILES string of the molecule is COc1ccc(F)c(C)c1CCCCN. The lowest BCUT2D eigenvalue weighted by Crippen LogP contribution is -2.02. The Balaban J connectivity index is 2.86. The first kappa shape index (κ1) is 12.0. The molecular formula is C12H18FNO. The van der Waals surface area contributed by atoms with Gasteiger partial charge < -0.3 is 10.5 Å². The van der Waals surface area contributed by atoms with E-state index in [1.54, 1.807) is 20.1 Å². The minimum Gasteiger partial charge on any atom is -0.496 e. The van der Waals surface area contributed by atoms with Crippen molar-refractivity contribution < 1.29 is 9.13 Å². The third-order valence-corrected chi connectivity index (χ3v) is 2.59. The van der Waals surface area contributed by atoms with Crippen molar-refractivity contribution in [2.45, 2.75) is 26.2 Å². The zero-order valence-electron chi connectivity index (χ0n) is 9.35. The molecule has 2 nitrogen and oxygen atoms in total. The molecule has 84 valence electrons. The third-order valence-electron chi connectivity index (χ3n) is 2.59. The molecule has 0 aliphatic carbocycles. The maximum Gasteiger partial charge on any atom is 0.126 e. The average molecular weight is 211 g/mol. The Bertz CT molecular complexity index is 326. The first-order valence-corrected chi connectivity index (χ1v) is 5.22. The van der Waals surface area contributed by atoms with Crippen molar-refractivity contribution in [3.05, 3.63) is 29.1 Å². The molecule has 0 aliphatic rings. The third kappa shape index (κ3) is 2.93. The summed E-state index contributed by atoms with van der Waals surface area (Å²) >= 11 is 0. The van der Waals surface area contributed by atoms with Crippen LogP contribution in [-0.4, -0.2) is 13.7 Å². The molecule has 2 N–H and O–H groups in total. The Hall–Kier alpha value is -1.09. The van der Waals surface area contributed by atoms with Crippen molar-refractivity contribution >= 4 is 0 Å². The van der Waals surface area contributed by atoms with Crippen LogP contribution >= 0.6 is 0 Å². The summed E-state index contributed by atoms with van der Waals surface area (Å²) in [6, 6.07) is 3.13. The van der Waals surface area contributed by atoms with E-state index in [4.69, 9.17) is 10.5 Å². The molecule has 1 rings (SSSR count). The highest BCUT2D eigenvalue weighted by Crippen LogP contribution is 2.25. The molecule has 3 heteroatoms. The lowest BCUT2D eigenvalue weighted by molar-refractivity contribution is 0.406. The number of unbranched alkanes of at least 4 members (excludes halogenated alkanes) is 1. The second-order valence-corrected chi connectivity index (χ2v) is 3.60. The van der Waals surface area contributed by atoms with Crippen molar-refractivity contribution in [2.24, 2.45) is 5.73 Å². The van der Waals surface area contributed by atoms with Crippen LogP contribution in [0.25, 0.3) is 0 Å². The Labute approximate surface area is 90.2 Å². The average Bonchev–Trinajstić information content (AvgIpc) is 2.25. The van der Waals surface area contributed by atoms with Gasteiger partial charge in [0.05, 0.1) is 7.11 Å². The van der Waals surface area contributed by atoms with Crippen molar-refractivity contribution in [3.63, 3.8) is 0 Å². The van der Waals surface area contributed by atoms with Crippen molar-refractivity contribution in [1.82, 2.24) is 0 Å². The van der Waals surface area contributed by atoms with E-state index in [1.807, 2.05) is 0 Å². The maximum absolute atomic E-state index is 13.3. The number of halogens is 1. The van der Waals surface area contributed by atoms with E-state index in [2.05, 4.69) is 0 Å². The fourth-order valence-corrected chi connectivity index (χ4v) is 1.65. The summed E-state index contributed by atoms with van der Waals surface area (Å²) in [6.07, 6.45) is 2.75. The van der Waals surface area contributed by atoms with Crippen LogP contribution in [0.5, 0.6) is 5.75 Å². The normalized spacial score (nSPS) is 10.4. The van der Waals surface area contributed by atoms with E-state index in [1.165, 1.54) is 6.07 Å². The van der Waals surface area contributed by atoms with Gasteiger partial charge in [-0.05, 0) is 56.0 Å². The van der Waals surface area contributed by atoms with E-state index >= 15 is 0 Å². The van der Waals surface area contributed by atoms with Gasteiger partial charge in [-0.2, -0.15) is 0 Å². The number of hydrogen-bond acceptors (Lipinski definition) is 2. The van der Waals surface area contributed by atoms with Gasteiger partial charge >= 0.3 is 0 Å². The van der Waals surface area contributed by atoms with Crippen molar-refractivity contribution in [3.8, 4) is 5.75 Å². The lowest BCUT2D eigenvalue weighted by Gasteiger charge is -2.11. The molecule has 0 spiro atoms. The number of hydrogen-bond donors (Lipinski definition) is 1. The molecule has 0 aliphatic heterocycles. The van der Waals surface area contributed by atoms with E-state index in [0.29, 0.717) is 12.1 Å². The molecule has 0 saturated heterocycles. The van der Waals surface area contributed by atoms with Gasteiger partial charge in [0.15, 0.2) is 0 Å². The standard InChI is InChI=1S/C12H18FNO/c1-9-10(5-3-4-8-14)12(15-2)7-6-11(9)13/h6-7H,3-5,8,14H2,1-2H3. The molecule has 0 radical (unpaired) electrons. The lowest BCUT2D eigenvalue weighted by atomic mass is 10.0. The summed E-state index contributed by atoms with van der Waals surface area (Å²) in [4.78, 5) is 0. The molecule has 0 saturated carbocycles. The van der Waals surface area contributed by atoms with Gasteiger partial charge in [-0.15, -0.1) is 0 Å². The fourth-order valence-electron chi connectivity index (χ4n) is 1.65. The molecule has 0 atom stereocenters. The highest BCUT2D eigenvalue weighted by molar-refractivity contribution is 5.40. The molecule has 0 bridgehead atoms. The predicted molar refractivity (Wildman–Crippen MR) is 59.7 cm³/mol. The number of methoxy groups -OCH3 is 1. The fraction of sp³-hybridized carbons (Fsp3) is 0.500. The van der Waals surface area contributed by atoms with Crippen molar-refractivity contribution in [1.29, 1.82) is 0 Å². The van der Waals surface area contributed by atoms with Crippen molar-refractivity contribution in [2.75, 3.05) is 13.7 Å². The zero-order chi connectivity index (χ0) is 11.3. The smallest absolute Gasteiger partial charge is 0.126 e. The van der Waals surface area contributed by atoms with E-state index in [0.717, 1.165) is 30.6 Å². The van der Waals surface area contributed by atoms with Crippen LogP contribution in [0.15, 0.2) is 12.1 Å². The number of nitrogens with two attached hydrogens (primary N) is 1. The molecule has 0 fully saturated rings. The van der Waals surface area contributed by atoms with E-state index in [9.17, 15) is 4.39 Å². The Kier molecular flexibility index (Phi) is 4.56. The summed E-state index contributed by atoms with van der Waals surface area (Å²) < 4.78 is 18.5. The van der Waals surface area contributed by atoms with Gasteiger partial charge in [0.2, 0.25) is 0 Å². The van der Waals surface area contributed by atoms with Gasteiger partial charge in [-0.25, -0.2) is 4.39 Å². The van der Waals surface area contributed by atoms with Crippen LogP contribution in [0.2, 0.25) is 0 Å². The Morgan fingerprint density at radius 2 is 2.07 bits per heavy atom. The van der Waals surface area contributed by atoms with E-state index < -0.39 is 0 Å². The molecule has 0 aromatic heterocycles. The highest BCUT2D eigenvalue weighted by atomic mass is 19.1. The monoisotopic (exact) mass is 211 g/mol. The second-order valence-electron chi connectivity index (χ2n) is 3.60. The van der Waals surface area contributed by atoms with Crippen LogP contribution < -0.4 is 10.5 Å². The van der Waals surface area contributed by atoms with Crippen LogP contribution in [0, 0.1) is 12.7 Å².